The van der Waals surface area contributed by atoms with Crippen molar-refractivity contribution in [2.24, 2.45) is 0 Å². The summed E-state index contributed by atoms with van der Waals surface area (Å²) in [5.74, 6) is -1.08. The Balaban J connectivity index is 1.91. The van der Waals surface area contributed by atoms with Gasteiger partial charge in [-0.15, -0.1) is 0 Å². The smallest absolute Gasteiger partial charge is 0.350 e. The molecule has 0 radical (unpaired) electrons. The van der Waals surface area contributed by atoms with E-state index in [1.807, 2.05) is 25.7 Å². The van der Waals surface area contributed by atoms with E-state index in [4.69, 9.17) is 23.4 Å². The van der Waals surface area contributed by atoms with Crippen LogP contribution in [0.15, 0.2) is 60.5 Å². The molecule has 42 heavy (non-hydrogen) atoms. The zero-order valence-corrected chi connectivity index (χ0v) is 24.1. The molecule has 4 heterocycles. The number of nitrogens with zero attached hydrogens (tertiary/aromatic N) is 6. The Morgan fingerprint density at radius 3 is 2.79 bits per heavy atom. The first-order valence-electron chi connectivity index (χ1n) is 15.9. The number of aryl methyl sites for hydroxylation is 1. The molecule has 4 aromatic rings. The van der Waals surface area contributed by atoms with Crippen LogP contribution in [0.3, 0.4) is 0 Å². The Kier molecular flexibility index (Phi) is 6.35. The Bertz CT molecular complexity index is 1990. The molecule has 8 nitrogen and oxygen atoms in total. The highest BCUT2D eigenvalue weighted by Gasteiger charge is 2.30. The summed E-state index contributed by atoms with van der Waals surface area (Å²) < 4.78 is 56.9. The molecule has 3 aromatic heterocycles. The summed E-state index contributed by atoms with van der Waals surface area (Å²) in [6.45, 7) is 6.73. The highest BCUT2D eigenvalue weighted by Crippen LogP contribution is 2.37. The number of benzene rings is 1. The third-order valence-corrected chi connectivity index (χ3v) is 7.64. The van der Waals surface area contributed by atoms with Crippen molar-refractivity contribution in [3.8, 4) is 16.9 Å². The van der Waals surface area contributed by atoms with Gasteiger partial charge in [0.2, 0.25) is 5.91 Å². The Hall–Kier alpha value is -4.37. The van der Waals surface area contributed by atoms with E-state index in [1.54, 1.807) is 4.90 Å². The van der Waals surface area contributed by atoms with Gasteiger partial charge in [-0.05, 0) is 55.1 Å². The molecule has 0 saturated carbocycles. The quantitative estimate of drug-likeness (QED) is 0.258. The number of hydrogen-bond acceptors (Lipinski definition) is 6. The molecule has 1 aromatic carbocycles. The molecule has 1 saturated heterocycles. The van der Waals surface area contributed by atoms with E-state index in [0.717, 1.165) is 10.6 Å². The van der Waals surface area contributed by atoms with E-state index in [9.17, 15) is 9.59 Å². The molecule has 1 fully saturated rings. The van der Waals surface area contributed by atoms with Gasteiger partial charge in [0.05, 0.1) is 30.2 Å². The topological polar surface area (TPSA) is 84.2 Å². The van der Waals surface area contributed by atoms with Crippen LogP contribution in [0.2, 0.25) is 5.02 Å². The molecule has 0 bridgehead atoms. The third-order valence-electron chi connectivity index (χ3n) is 7.35. The first-order chi connectivity index (χ1) is 22.1. The molecule has 1 aliphatic rings. The number of aromatic nitrogens is 4. The zero-order chi connectivity index (χ0) is 34.4. The fourth-order valence-electron chi connectivity index (χ4n) is 5.34. The van der Waals surface area contributed by atoms with Gasteiger partial charge < -0.3 is 9.80 Å². The summed E-state index contributed by atoms with van der Waals surface area (Å²) in [6, 6.07) is 6.61. The maximum atomic E-state index is 15.5. The predicted octanol–water partition coefficient (Wildman–Crippen LogP) is 5.93. The van der Waals surface area contributed by atoms with Gasteiger partial charge in [-0.1, -0.05) is 56.8 Å². The minimum atomic E-state index is -2.66. The Labute approximate surface area is 255 Å². The molecular formula is C32H32ClFN6O2. The molecule has 216 valence electrons. The second-order valence-corrected chi connectivity index (χ2v) is 10.8. The molecule has 0 spiro atoms. The fraction of sp³-hybridized carbons (Fsp3) is 0.281. The predicted molar refractivity (Wildman–Crippen MR) is 166 cm³/mol. The van der Waals surface area contributed by atoms with E-state index < -0.39 is 24.9 Å². The maximum absolute atomic E-state index is 15.5. The molecule has 1 aliphatic heterocycles. The summed E-state index contributed by atoms with van der Waals surface area (Å²) >= 11 is 6.83. The summed E-state index contributed by atoms with van der Waals surface area (Å²) in [5.41, 5.74) is -0.793. The van der Waals surface area contributed by atoms with Gasteiger partial charge in [0.1, 0.15) is 11.6 Å². The Morgan fingerprint density at radius 1 is 1.29 bits per heavy atom. The van der Waals surface area contributed by atoms with Crippen LogP contribution in [0.1, 0.15) is 50.4 Å². The lowest BCUT2D eigenvalue weighted by molar-refractivity contribution is -0.126. The maximum Gasteiger partial charge on any atom is 0.355 e. The van der Waals surface area contributed by atoms with E-state index in [0.29, 0.717) is 25.3 Å². The van der Waals surface area contributed by atoms with Crippen molar-refractivity contribution < 1.29 is 16.0 Å². The number of carbonyl (C=O) groups is 1. The SMILES string of the molecule is [2H]C([2H])=Cc1cccc(F)c1-c1nc2c(cc1Cl)c(N1CCN(C(=O)C=C)C[C@@H]1C)nc(=O)n2-c1c(C([2H])([2H])[2H])ccnc1C(C)C. The number of anilines is 1. The average Bonchev–Trinajstić information content (AvgIpc) is 2.99. The molecule has 10 heteroatoms. The second-order valence-electron chi connectivity index (χ2n) is 10.4. The van der Waals surface area contributed by atoms with Crippen molar-refractivity contribution >= 4 is 40.4 Å². The number of fused-ring (bicyclic) bond motifs is 1. The average molecular weight is 592 g/mol. The first kappa shape index (κ1) is 23.2. The molecule has 0 unspecified atom stereocenters. The van der Waals surface area contributed by atoms with Gasteiger partial charge >= 0.3 is 5.69 Å². The van der Waals surface area contributed by atoms with Crippen LogP contribution in [-0.4, -0.2) is 56.0 Å². The fourth-order valence-corrected chi connectivity index (χ4v) is 5.59. The van der Waals surface area contributed by atoms with Crippen molar-refractivity contribution in [3.63, 3.8) is 0 Å². The van der Waals surface area contributed by atoms with Crippen molar-refractivity contribution in [1.82, 2.24) is 24.4 Å². The van der Waals surface area contributed by atoms with Gasteiger partial charge in [0, 0.05) is 41.5 Å². The number of amides is 1. The number of halogens is 2. The lowest BCUT2D eigenvalue weighted by Gasteiger charge is -2.40. The van der Waals surface area contributed by atoms with Gasteiger partial charge in [-0.3, -0.25) is 9.78 Å². The number of pyridine rings is 2. The summed E-state index contributed by atoms with van der Waals surface area (Å²) in [7, 11) is 0. The van der Waals surface area contributed by atoms with Crippen LogP contribution < -0.4 is 10.6 Å². The van der Waals surface area contributed by atoms with Gasteiger partial charge in [-0.25, -0.2) is 18.7 Å². The molecule has 5 rings (SSSR count). The van der Waals surface area contributed by atoms with Crippen LogP contribution in [0.5, 0.6) is 0 Å². The zero-order valence-electron chi connectivity index (χ0n) is 28.4. The van der Waals surface area contributed by atoms with E-state index in [2.05, 4.69) is 16.5 Å². The van der Waals surface area contributed by atoms with Crippen LogP contribution in [0.4, 0.5) is 10.2 Å². The number of carbonyl (C=O) groups excluding carboxylic acids is 1. The third kappa shape index (κ3) is 4.98. The van der Waals surface area contributed by atoms with Gasteiger partial charge in [0.15, 0.2) is 5.65 Å². The van der Waals surface area contributed by atoms with E-state index >= 15 is 4.39 Å². The molecule has 1 atom stereocenters. The minimum Gasteiger partial charge on any atom is -0.350 e. The molecule has 0 aliphatic carbocycles. The number of hydrogen-bond donors (Lipinski definition) is 0. The van der Waals surface area contributed by atoms with Crippen LogP contribution in [0.25, 0.3) is 34.1 Å². The van der Waals surface area contributed by atoms with Gasteiger partial charge in [-0.2, -0.15) is 4.98 Å². The van der Waals surface area contributed by atoms with Crippen LogP contribution >= 0.6 is 11.6 Å². The largest absolute Gasteiger partial charge is 0.355 e. The second kappa shape index (κ2) is 11.5. The standard InChI is InChI=1S/C32H32ClFN6O2/c1-7-21-10-9-11-24(34)26(21)28-23(33)16-22-30(39-15-14-38(17-20(39)6)25(41)8-2)37-32(42)40(31(22)36-28)29-19(5)12-13-35-27(29)18(3)4/h7-13,16,18,20H,1-2,14-15,17H2,3-6H3/t20-/m0/s1/i1D2,5D3. The van der Waals surface area contributed by atoms with E-state index in [-0.39, 0.29) is 67.8 Å². The lowest BCUT2D eigenvalue weighted by atomic mass is 10.0. The highest BCUT2D eigenvalue weighted by molar-refractivity contribution is 6.34. The van der Waals surface area contributed by atoms with Crippen molar-refractivity contribution in [2.75, 3.05) is 24.5 Å². The molecule has 1 amide bonds. The summed E-state index contributed by atoms with van der Waals surface area (Å²) in [4.78, 5) is 43.7. The van der Waals surface area contributed by atoms with Gasteiger partial charge in [0.25, 0.3) is 0 Å². The summed E-state index contributed by atoms with van der Waals surface area (Å²) in [5, 5.41) is 0.264. The minimum absolute atomic E-state index is 0.0125. The summed E-state index contributed by atoms with van der Waals surface area (Å²) in [6.07, 6.45) is 3.75. The number of rotatable bonds is 6. The normalized spacial score (nSPS) is 17.3. The van der Waals surface area contributed by atoms with Crippen LogP contribution in [-0.2, 0) is 4.79 Å². The van der Waals surface area contributed by atoms with Crippen molar-refractivity contribution in [2.45, 2.75) is 39.6 Å². The number of piperazine rings is 1. The molecule has 0 N–H and O–H groups in total. The monoisotopic (exact) mass is 591 g/mol. The van der Waals surface area contributed by atoms with E-state index in [1.165, 1.54) is 42.6 Å². The first-order valence-corrected chi connectivity index (χ1v) is 13.8. The van der Waals surface area contributed by atoms with Crippen molar-refractivity contribution in [3.05, 3.63) is 93.9 Å². The Morgan fingerprint density at radius 2 is 2.10 bits per heavy atom. The molecular weight excluding hydrogens is 555 g/mol. The lowest BCUT2D eigenvalue weighted by Crippen LogP contribution is -2.54. The van der Waals surface area contributed by atoms with Crippen LogP contribution in [0, 0.1) is 12.7 Å². The van der Waals surface area contributed by atoms with Crippen molar-refractivity contribution in [1.29, 1.82) is 0 Å². The highest BCUT2D eigenvalue weighted by atomic mass is 35.5.